The Morgan fingerprint density at radius 2 is 1.86 bits per heavy atom. The van der Waals surface area contributed by atoms with Crippen molar-refractivity contribution in [2.24, 2.45) is 17.6 Å². The lowest BCUT2D eigenvalue weighted by atomic mass is 9.82. The minimum Gasteiger partial charge on any atom is -0.321 e. The van der Waals surface area contributed by atoms with E-state index in [1.54, 1.807) is 0 Å². The van der Waals surface area contributed by atoms with E-state index in [4.69, 9.17) is 5.73 Å². The molecular weight excluding hydrogens is 174 g/mol. The Labute approximate surface area is 87.2 Å². The molecule has 1 fully saturated rings. The molecular formula is C12H23NO. The molecule has 0 aromatic rings. The summed E-state index contributed by atoms with van der Waals surface area (Å²) in [6.45, 7) is 4.24. The molecule has 1 atom stereocenters. The van der Waals surface area contributed by atoms with Crippen molar-refractivity contribution in [2.45, 2.75) is 58.4 Å². The molecule has 0 saturated heterocycles. The van der Waals surface area contributed by atoms with E-state index in [-0.39, 0.29) is 12.0 Å². The zero-order chi connectivity index (χ0) is 10.6. The van der Waals surface area contributed by atoms with Gasteiger partial charge in [0.1, 0.15) is 0 Å². The average Bonchev–Trinajstić information content (AvgIpc) is 2.17. The van der Waals surface area contributed by atoms with Crippen molar-refractivity contribution in [3.8, 4) is 0 Å². The lowest BCUT2D eigenvalue weighted by molar-refractivity contribution is -0.125. The molecule has 2 heteroatoms. The fourth-order valence-corrected chi connectivity index (χ4v) is 2.31. The highest BCUT2D eigenvalue weighted by Crippen LogP contribution is 2.25. The van der Waals surface area contributed by atoms with E-state index in [0.717, 1.165) is 19.3 Å². The fraction of sp³-hybridized carbons (Fsp3) is 0.917. The zero-order valence-electron chi connectivity index (χ0n) is 9.46. The minimum absolute atomic E-state index is 0.210. The molecule has 82 valence electrons. The summed E-state index contributed by atoms with van der Waals surface area (Å²) in [5, 5.41) is 0. The Kier molecular flexibility index (Phi) is 4.59. The summed E-state index contributed by atoms with van der Waals surface area (Å²) >= 11 is 0. The molecule has 1 rings (SSSR count). The molecule has 1 aliphatic carbocycles. The van der Waals surface area contributed by atoms with Crippen LogP contribution in [0, 0.1) is 11.8 Å². The van der Waals surface area contributed by atoms with Crippen molar-refractivity contribution in [1.29, 1.82) is 0 Å². The third-order valence-electron chi connectivity index (χ3n) is 3.10. The van der Waals surface area contributed by atoms with Gasteiger partial charge in [0, 0.05) is 5.92 Å². The van der Waals surface area contributed by atoms with Gasteiger partial charge < -0.3 is 5.73 Å². The largest absolute Gasteiger partial charge is 0.321 e. The predicted molar refractivity (Wildman–Crippen MR) is 59.0 cm³/mol. The smallest absolute Gasteiger partial charge is 0.152 e. The first-order valence-corrected chi connectivity index (χ1v) is 5.90. The van der Waals surface area contributed by atoms with E-state index in [1.165, 1.54) is 19.3 Å². The van der Waals surface area contributed by atoms with Gasteiger partial charge >= 0.3 is 0 Å². The van der Waals surface area contributed by atoms with Gasteiger partial charge in [0.05, 0.1) is 6.04 Å². The van der Waals surface area contributed by atoms with Gasteiger partial charge in [0.2, 0.25) is 0 Å². The lowest BCUT2D eigenvalue weighted by Gasteiger charge is -2.24. The monoisotopic (exact) mass is 197 g/mol. The van der Waals surface area contributed by atoms with Crippen molar-refractivity contribution < 1.29 is 4.79 Å². The molecule has 0 aromatic heterocycles. The van der Waals surface area contributed by atoms with Crippen LogP contribution in [-0.2, 0) is 4.79 Å². The van der Waals surface area contributed by atoms with Gasteiger partial charge in [-0.1, -0.05) is 33.1 Å². The number of hydrogen-bond donors (Lipinski definition) is 1. The quantitative estimate of drug-likeness (QED) is 0.752. The predicted octanol–water partition coefficient (Wildman–Crippen LogP) is 2.51. The van der Waals surface area contributed by atoms with E-state index in [2.05, 4.69) is 13.8 Å². The molecule has 2 nitrogen and oxygen atoms in total. The summed E-state index contributed by atoms with van der Waals surface area (Å²) in [6, 6.07) is -0.210. The Hall–Kier alpha value is -0.370. The molecule has 0 spiro atoms. The molecule has 0 aromatic carbocycles. The summed E-state index contributed by atoms with van der Waals surface area (Å²) in [7, 11) is 0. The number of hydrogen-bond acceptors (Lipinski definition) is 2. The van der Waals surface area contributed by atoms with E-state index in [1.807, 2.05) is 0 Å². The van der Waals surface area contributed by atoms with Crippen LogP contribution in [0.15, 0.2) is 0 Å². The normalized spacial score (nSPS) is 21.1. The van der Waals surface area contributed by atoms with Crippen LogP contribution in [0.25, 0.3) is 0 Å². The fourth-order valence-electron chi connectivity index (χ4n) is 2.31. The van der Waals surface area contributed by atoms with Gasteiger partial charge in [0.15, 0.2) is 5.78 Å². The van der Waals surface area contributed by atoms with E-state index >= 15 is 0 Å². The van der Waals surface area contributed by atoms with Gasteiger partial charge in [-0.15, -0.1) is 0 Å². The number of nitrogens with two attached hydrogens (primary N) is 1. The Morgan fingerprint density at radius 3 is 2.36 bits per heavy atom. The first-order chi connectivity index (χ1) is 6.61. The van der Waals surface area contributed by atoms with Crippen molar-refractivity contribution >= 4 is 5.78 Å². The number of ketones is 1. The molecule has 0 amide bonds. The first kappa shape index (κ1) is 11.7. The van der Waals surface area contributed by atoms with E-state index < -0.39 is 0 Å². The first-order valence-electron chi connectivity index (χ1n) is 5.90. The highest BCUT2D eigenvalue weighted by Gasteiger charge is 2.25. The van der Waals surface area contributed by atoms with E-state index in [0.29, 0.717) is 11.7 Å². The SMILES string of the molecule is CC(C)CC(N)C(=O)C1CCCCC1. The second-order valence-electron chi connectivity index (χ2n) is 4.97. The molecule has 0 radical (unpaired) electrons. The van der Waals surface area contributed by atoms with Crippen LogP contribution in [0.5, 0.6) is 0 Å². The van der Waals surface area contributed by atoms with Crippen LogP contribution < -0.4 is 5.73 Å². The molecule has 2 N–H and O–H groups in total. The molecule has 0 heterocycles. The molecule has 1 aliphatic rings. The molecule has 14 heavy (non-hydrogen) atoms. The maximum atomic E-state index is 11.9. The maximum Gasteiger partial charge on any atom is 0.152 e. The third kappa shape index (κ3) is 3.41. The maximum absolute atomic E-state index is 11.9. The van der Waals surface area contributed by atoms with Crippen LogP contribution in [-0.4, -0.2) is 11.8 Å². The van der Waals surface area contributed by atoms with Gasteiger partial charge in [0.25, 0.3) is 0 Å². The Balaban J connectivity index is 2.38. The summed E-state index contributed by atoms with van der Waals surface area (Å²) in [5.74, 6) is 1.12. The highest BCUT2D eigenvalue weighted by molar-refractivity contribution is 5.86. The summed E-state index contributed by atoms with van der Waals surface area (Å²) in [6.07, 6.45) is 6.71. The van der Waals surface area contributed by atoms with Crippen LogP contribution in [0.1, 0.15) is 52.4 Å². The second kappa shape index (κ2) is 5.50. The Morgan fingerprint density at radius 1 is 1.29 bits per heavy atom. The molecule has 1 saturated carbocycles. The lowest BCUT2D eigenvalue weighted by Crippen LogP contribution is -2.37. The number of carbonyl (C=O) groups is 1. The molecule has 1 unspecified atom stereocenters. The molecule has 0 aliphatic heterocycles. The van der Waals surface area contributed by atoms with Gasteiger partial charge in [-0.25, -0.2) is 0 Å². The van der Waals surface area contributed by atoms with Crippen molar-refractivity contribution in [3.05, 3.63) is 0 Å². The zero-order valence-corrected chi connectivity index (χ0v) is 9.46. The second-order valence-corrected chi connectivity index (χ2v) is 4.97. The topological polar surface area (TPSA) is 43.1 Å². The number of Topliss-reactive ketones (excluding diaryl/α,β-unsaturated/α-hetero) is 1. The summed E-state index contributed by atoms with van der Waals surface area (Å²) in [5.41, 5.74) is 5.90. The minimum atomic E-state index is -0.210. The average molecular weight is 197 g/mol. The Bertz CT molecular complexity index is 183. The van der Waals surface area contributed by atoms with Crippen molar-refractivity contribution in [2.75, 3.05) is 0 Å². The van der Waals surface area contributed by atoms with Crippen LogP contribution >= 0.6 is 0 Å². The van der Waals surface area contributed by atoms with Crippen LogP contribution in [0.4, 0.5) is 0 Å². The van der Waals surface area contributed by atoms with Crippen molar-refractivity contribution in [1.82, 2.24) is 0 Å². The molecule has 0 bridgehead atoms. The van der Waals surface area contributed by atoms with Crippen molar-refractivity contribution in [3.63, 3.8) is 0 Å². The number of rotatable bonds is 4. The number of carbonyl (C=O) groups excluding carboxylic acids is 1. The van der Waals surface area contributed by atoms with Gasteiger partial charge in [-0.2, -0.15) is 0 Å². The van der Waals surface area contributed by atoms with E-state index in [9.17, 15) is 4.79 Å². The van der Waals surface area contributed by atoms with Crippen LogP contribution in [0.3, 0.4) is 0 Å². The van der Waals surface area contributed by atoms with Crippen LogP contribution in [0.2, 0.25) is 0 Å². The summed E-state index contributed by atoms with van der Waals surface area (Å²) < 4.78 is 0. The third-order valence-corrected chi connectivity index (χ3v) is 3.10. The van der Waals surface area contributed by atoms with Gasteiger partial charge in [-0.3, -0.25) is 4.79 Å². The summed E-state index contributed by atoms with van der Waals surface area (Å²) in [4.78, 5) is 11.9. The standard InChI is InChI=1S/C12H23NO/c1-9(2)8-11(13)12(14)10-6-4-3-5-7-10/h9-11H,3-8,13H2,1-2H3. The highest BCUT2D eigenvalue weighted by atomic mass is 16.1. The van der Waals surface area contributed by atoms with Gasteiger partial charge in [-0.05, 0) is 25.2 Å².